The molecule has 0 spiro atoms. The van der Waals surface area contributed by atoms with E-state index in [2.05, 4.69) is 70.6 Å². The Morgan fingerprint density at radius 1 is 1.05 bits per heavy atom. The first-order valence-electron chi connectivity index (χ1n) is 16.7. The number of aliphatic imine (C=N–C) groups is 2. The standard InChI is InChI=1S/C28H43FN2O.C9H21N/c1-8-11-12-16-19-25(23(6)32-24-17-14-13-15-18-24)26(20-30-7)28(21(4)9-2)31-22(5)27(29)10-3;1-4-7-10-8-6-9(3)5-2/h10,12,16,19-21,24H,6,8-9,11,13-15,17-18H2,1-5,7H3;9-10H,4-8H2,1-3H3/b16-12-,25-19+,27-10+,28-26-,30-20?,31-22+;. The van der Waals surface area contributed by atoms with Gasteiger partial charge in [-0.1, -0.05) is 85.6 Å². The van der Waals surface area contributed by atoms with E-state index in [4.69, 9.17) is 9.73 Å². The summed E-state index contributed by atoms with van der Waals surface area (Å²) in [5.74, 6) is 1.33. The van der Waals surface area contributed by atoms with Gasteiger partial charge in [0.1, 0.15) is 11.6 Å². The zero-order valence-electron chi connectivity index (χ0n) is 28.7. The lowest BCUT2D eigenvalue weighted by atomic mass is 9.93. The summed E-state index contributed by atoms with van der Waals surface area (Å²) in [7, 11) is 1.74. The third kappa shape index (κ3) is 17.0. The summed E-state index contributed by atoms with van der Waals surface area (Å²) in [5.41, 5.74) is 2.87. The van der Waals surface area contributed by atoms with Gasteiger partial charge < -0.3 is 10.1 Å². The molecule has 0 bridgehead atoms. The molecule has 0 amide bonds. The van der Waals surface area contributed by atoms with Crippen LogP contribution in [-0.2, 0) is 4.74 Å². The van der Waals surface area contributed by atoms with Crippen LogP contribution in [0.15, 0.2) is 69.3 Å². The lowest BCUT2D eigenvalue weighted by Crippen LogP contribution is -2.18. The zero-order chi connectivity index (χ0) is 31.8. The van der Waals surface area contributed by atoms with Crippen LogP contribution < -0.4 is 5.32 Å². The maximum Gasteiger partial charge on any atom is 0.140 e. The van der Waals surface area contributed by atoms with E-state index in [0.29, 0.717) is 11.5 Å². The topological polar surface area (TPSA) is 46.0 Å². The Labute approximate surface area is 259 Å². The molecule has 0 saturated heterocycles. The summed E-state index contributed by atoms with van der Waals surface area (Å²) < 4.78 is 20.6. The molecule has 1 fully saturated rings. The molecule has 0 aliphatic heterocycles. The van der Waals surface area contributed by atoms with Gasteiger partial charge in [0.15, 0.2) is 0 Å². The predicted molar refractivity (Wildman–Crippen MR) is 185 cm³/mol. The van der Waals surface area contributed by atoms with Crippen molar-refractivity contribution in [1.82, 2.24) is 5.32 Å². The molecule has 4 nitrogen and oxygen atoms in total. The van der Waals surface area contributed by atoms with Crippen molar-refractivity contribution in [2.75, 3.05) is 20.1 Å². The smallest absolute Gasteiger partial charge is 0.140 e. The molecule has 240 valence electrons. The lowest BCUT2D eigenvalue weighted by molar-refractivity contribution is 0.0889. The monoisotopic (exact) mass is 586 g/mol. The van der Waals surface area contributed by atoms with Gasteiger partial charge in [0.25, 0.3) is 0 Å². The van der Waals surface area contributed by atoms with E-state index in [0.717, 1.165) is 54.9 Å². The second-order valence-electron chi connectivity index (χ2n) is 11.5. The predicted octanol–water partition coefficient (Wildman–Crippen LogP) is 10.9. The summed E-state index contributed by atoms with van der Waals surface area (Å²) >= 11 is 0. The molecule has 5 heteroatoms. The molecule has 42 heavy (non-hydrogen) atoms. The molecular weight excluding hydrogens is 521 g/mol. The molecule has 1 rings (SSSR count). The highest BCUT2D eigenvalue weighted by molar-refractivity contribution is 5.97. The molecule has 0 heterocycles. The molecule has 2 unspecified atom stereocenters. The fourth-order valence-corrected chi connectivity index (χ4v) is 4.54. The minimum absolute atomic E-state index is 0.119. The van der Waals surface area contributed by atoms with Gasteiger partial charge in [0.2, 0.25) is 0 Å². The summed E-state index contributed by atoms with van der Waals surface area (Å²) in [6, 6.07) is 0. The average molecular weight is 586 g/mol. The van der Waals surface area contributed by atoms with Crippen LogP contribution in [0.1, 0.15) is 126 Å². The van der Waals surface area contributed by atoms with E-state index in [1.54, 1.807) is 27.1 Å². The van der Waals surface area contributed by atoms with Crippen LogP contribution in [0, 0.1) is 11.8 Å². The van der Waals surface area contributed by atoms with Gasteiger partial charge in [-0.25, -0.2) is 4.39 Å². The molecule has 0 radical (unpaired) electrons. The van der Waals surface area contributed by atoms with Gasteiger partial charge in [-0.05, 0) is 96.2 Å². The first kappa shape index (κ1) is 39.7. The van der Waals surface area contributed by atoms with E-state index < -0.39 is 0 Å². The normalized spacial score (nSPS) is 17.6. The van der Waals surface area contributed by atoms with Crippen LogP contribution >= 0.6 is 0 Å². The number of allylic oxidation sites excluding steroid dienone is 7. The van der Waals surface area contributed by atoms with Crippen molar-refractivity contribution in [3.05, 3.63) is 59.3 Å². The minimum atomic E-state index is -0.316. The molecular formula is C37H64FN3O. The lowest BCUT2D eigenvalue weighted by Gasteiger charge is -2.26. The molecule has 1 saturated carbocycles. The number of unbranched alkanes of at least 4 members (excludes halogenated alkanes) is 1. The van der Waals surface area contributed by atoms with E-state index in [1.165, 1.54) is 57.7 Å². The maximum absolute atomic E-state index is 14.3. The average Bonchev–Trinajstić information content (AvgIpc) is 3.01. The summed E-state index contributed by atoms with van der Waals surface area (Å²) in [6.07, 6.45) is 22.3. The molecule has 1 aliphatic rings. The van der Waals surface area contributed by atoms with E-state index in [9.17, 15) is 4.39 Å². The summed E-state index contributed by atoms with van der Waals surface area (Å²) in [4.78, 5) is 9.05. The second kappa shape index (κ2) is 25.2. The minimum Gasteiger partial charge on any atom is -0.490 e. The first-order chi connectivity index (χ1) is 20.2. The Morgan fingerprint density at radius 3 is 2.29 bits per heavy atom. The first-order valence-corrected chi connectivity index (χ1v) is 16.7. The van der Waals surface area contributed by atoms with Crippen LogP contribution in [0.25, 0.3) is 0 Å². The Bertz CT molecular complexity index is 919. The van der Waals surface area contributed by atoms with Gasteiger partial charge in [0, 0.05) is 24.4 Å². The number of ether oxygens (including phenoxy) is 1. The third-order valence-electron chi connectivity index (χ3n) is 7.74. The van der Waals surface area contributed by atoms with Crippen molar-refractivity contribution in [2.45, 2.75) is 132 Å². The van der Waals surface area contributed by atoms with Gasteiger partial charge in [0.05, 0.1) is 17.5 Å². The van der Waals surface area contributed by atoms with Gasteiger partial charge >= 0.3 is 0 Å². The fraction of sp³-hybridized carbons (Fsp3) is 0.676. The number of hydrogen-bond donors (Lipinski definition) is 1. The molecule has 0 aromatic heterocycles. The molecule has 0 aromatic rings. The van der Waals surface area contributed by atoms with Crippen molar-refractivity contribution in [1.29, 1.82) is 0 Å². The Morgan fingerprint density at radius 2 is 1.74 bits per heavy atom. The molecule has 1 aliphatic carbocycles. The number of nitrogens with zero attached hydrogens (tertiary/aromatic N) is 2. The molecule has 0 aromatic carbocycles. The van der Waals surface area contributed by atoms with Crippen LogP contribution in [-0.4, -0.2) is 38.2 Å². The Hall–Kier alpha value is -2.27. The van der Waals surface area contributed by atoms with Crippen molar-refractivity contribution in [3.63, 3.8) is 0 Å². The Balaban J connectivity index is 0.00000143. The summed E-state index contributed by atoms with van der Waals surface area (Å²) in [5, 5.41) is 3.40. The van der Waals surface area contributed by atoms with Gasteiger partial charge in [-0.2, -0.15) is 0 Å². The molecule has 1 N–H and O–H groups in total. The SMILES string of the molecule is C=C(OC1CCCCC1)C(=C\C=C/CCC)/C(C=NC)=C(\N=C(C)\C(F)=C/C)C(C)CC.CCCNCCC(C)CC. The van der Waals surface area contributed by atoms with Crippen LogP contribution in [0.2, 0.25) is 0 Å². The van der Waals surface area contributed by atoms with Gasteiger partial charge in [-0.3, -0.25) is 9.98 Å². The van der Waals surface area contributed by atoms with Crippen molar-refractivity contribution < 1.29 is 9.13 Å². The van der Waals surface area contributed by atoms with Crippen molar-refractivity contribution >= 4 is 11.9 Å². The quantitative estimate of drug-likeness (QED) is 0.0752. The zero-order valence-corrected chi connectivity index (χ0v) is 28.7. The number of nitrogens with one attached hydrogen (secondary N) is 1. The van der Waals surface area contributed by atoms with E-state index in [-0.39, 0.29) is 17.8 Å². The highest BCUT2D eigenvalue weighted by atomic mass is 19.1. The van der Waals surface area contributed by atoms with Crippen LogP contribution in [0.4, 0.5) is 4.39 Å². The second-order valence-corrected chi connectivity index (χ2v) is 11.5. The van der Waals surface area contributed by atoms with Crippen LogP contribution in [0.3, 0.4) is 0 Å². The van der Waals surface area contributed by atoms with E-state index in [1.807, 2.05) is 6.08 Å². The molecule has 2 atom stereocenters. The van der Waals surface area contributed by atoms with Crippen molar-refractivity contribution in [2.24, 2.45) is 21.8 Å². The van der Waals surface area contributed by atoms with E-state index >= 15 is 0 Å². The highest BCUT2D eigenvalue weighted by Crippen LogP contribution is 2.31. The maximum atomic E-state index is 14.3. The fourth-order valence-electron chi connectivity index (χ4n) is 4.54. The Kier molecular flexibility index (Phi) is 23.9. The highest BCUT2D eigenvalue weighted by Gasteiger charge is 2.22. The third-order valence-corrected chi connectivity index (χ3v) is 7.74. The largest absolute Gasteiger partial charge is 0.490 e. The van der Waals surface area contributed by atoms with Crippen molar-refractivity contribution in [3.8, 4) is 0 Å². The van der Waals surface area contributed by atoms with Gasteiger partial charge in [-0.15, -0.1) is 0 Å². The van der Waals surface area contributed by atoms with Crippen LogP contribution in [0.5, 0.6) is 0 Å². The number of rotatable bonds is 18. The number of hydrogen-bond acceptors (Lipinski definition) is 4. The number of halogens is 1. The summed E-state index contributed by atoms with van der Waals surface area (Å²) in [6.45, 7) is 23.2.